The van der Waals surface area contributed by atoms with Crippen molar-refractivity contribution in [3.63, 3.8) is 0 Å². The zero-order valence-corrected chi connectivity index (χ0v) is 9.19. The Balaban J connectivity index is 0.00000144. The van der Waals surface area contributed by atoms with Gasteiger partial charge in [0.2, 0.25) is 0 Å². The molecular weight excluding hydrogens is 184 g/mol. The van der Waals surface area contributed by atoms with Gasteiger partial charge in [-0.05, 0) is 32.9 Å². The van der Waals surface area contributed by atoms with Gasteiger partial charge < -0.3 is 5.32 Å². The Morgan fingerprint density at radius 2 is 2.00 bits per heavy atom. The van der Waals surface area contributed by atoms with Gasteiger partial charge in [-0.25, -0.2) is 0 Å². The van der Waals surface area contributed by atoms with Crippen LogP contribution in [-0.2, 0) is 6.54 Å². The molecule has 0 saturated heterocycles. The first kappa shape index (κ1) is 12.4. The Morgan fingerprint density at radius 3 is 2.46 bits per heavy atom. The molecule has 0 amide bonds. The summed E-state index contributed by atoms with van der Waals surface area (Å²) in [6.45, 7) is 7.28. The number of nitrogens with one attached hydrogen (secondary N) is 1. The van der Waals surface area contributed by atoms with E-state index in [0.29, 0.717) is 0 Å². The van der Waals surface area contributed by atoms with Gasteiger partial charge in [0, 0.05) is 18.3 Å². The predicted octanol–water partition coefficient (Wildman–Crippen LogP) is 2.39. The summed E-state index contributed by atoms with van der Waals surface area (Å²) in [7, 11) is 0. The number of nitrogens with zero attached hydrogens (tertiary/aromatic N) is 1. The lowest BCUT2D eigenvalue weighted by Crippen LogP contribution is -2.35. The fourth-order valence-corrected chi connectivity index (χ4v) is 0.858. The number of hydrogen-bond acceptors (Lipinski definition) is 2. The van der Waals surface area contributed by atoms with Crippen molar-refractivity contribution in [2.45, 2.75) is 32.9 Å². The van der Waals surface area contributed by atoms with Gasteiger partial charge in [0.25, 0.3) is 0 Å². The largest absolute Gasteiger partial charge is 0.306 e. The van der Waals surface area contributed by atoms with Crippen LogP contribution in [0.25, 0.3) is 0 Å². The summed E-state index contributed by atoms with van der Waals surface area (Å²) in [5, 5.41) is 3.38. The molecule has 3 heteroatoms. The first-order valence-corrected chi connectivity index (χ1v) is 4.23. The van der Waals surface area contributed by atoms with Crippen LogP contribution in [0.3, 0.4) is 0 Å². The van der Waals surface area contributed by atoms with Crippen LogP contribution in [0.15, 0.2) is 24.4 Å². The van der Waals surface area contributed by atoms with Crippen LogP contribution < -0.4 is 5.32 Å². The smallest absolute Gasteiger partial charge is 0.0541 e. The van der Waals surface area contributed by atoms with Crippen molar-refractivity contribution in [2.24, 2.45) is 0 Å². The van der Waals surface area contributed by atoms with E-state index in [2.05, 4.69) is 31.1 Å². The van der Waals surface area contributed by atoms with E-state index < -0.39 is 0 Å². The first-order chi connectivity index (χ1) is 5.58. The minimum Gasteiger partial charge on any atom is -0.306 e. The highest BCUT2D eigenvalue weighted by Crippen LogP contribution is 2.01. The Hall–Kier alpha value is -0.600. The van der Waals surface area contributed by atoms with Gasteiger partial charge in [-0.2, -0.15) is 0 Å². The molecule has 0 radical (unpaired) electrons. The van der Waals surface area contributed by atoms with E-state index in [1.807, 2.05) is 24.4 Å². The molecule has 0 aliphatic heterocycles. The van der Waals surface area contributed by atoms with Crippen LogP contribution in [0.4, 0.5) is 0 Å². The Morgan fingerprint density at radius 1 is 1.31 bits per heavy atom. The minimum absolute atomic E-state index is 0. The van der Waals surface area contributed by atoms with Crippen molar-refractivity contribution < 1.29 is 0 Å². The fraction of sp³-hybridized carbons (Fsp3) is 0.500. The highest BCUT2D eigenvalue weighted by Gasteiger charge is 2.07. The zero-order valence-electron chi connectivity index (χ0n) is 8.37. The van der Waals surface area contributed by atoms with Crippen molar-refractivity contribution in [2.75, 3.05) is 0 Å². The van der Waals surface area contributed by atoms with Gasteiger partial charge >= 0.3 is 0 Å². The van der Waals surface area contributed by atoms with Crippen LogP contribution in [0, 0.1) is 0 Å². The summed E-state index contributed by atoms with van der Waals surface area (Å²) in [6, 6.07) is 5.96. The predicted molar refractivity (Wildman–Crippen MR) is 58.1 cm³/mol. The average molecular weight is 201 g/mol. The van der Waals surface area contributed by atoms with Crippen molar-refractivity contribution >= 4 is 12.4 Å². The molecule has 13 heavy (non-hydrogen) atoms. The summed E-state index contributed by atoms with van der Waals surface area (Å²) >= 11 is 0. The summed E-state index contributed by atoms with van der Waals surface area (Å²) < 4.78 is 0. The van der Waals surface area contributed by atoms with E-state index in [1.165, 1.54) is 0 Å². The molecule has 0 spiro atoms. The second kappa shape index (κ2) is 5.20. The third-order valence-electron chi connectivity index (χ3n) is 1.53. The van der Waals surface area contributed by atoms with Crippen molar-refractivity contribution in [1.29, 1.82) is 0 Å². The standard InChI is InChI=1S/C10H16N2.ClH/c1-10(2,3)12-8-9-6-4-5-7-11-9;/h4-7,12H,8H2,1-3H3;1H. The van der Waals surface area contributed by atoms with Crippen LogP contribution >= 0.6 is 12.4 Å². The lowest BCUT2D eigenvalue weighted by Gasteiger charge is -2.19. The highest BCUT2D eigenvalue weighted by molar-refractivity contribution is 5.85. The highest BCUT2D eigenvalue weighted by atomic mass is 35.5. The number of hydrogen-bond donors (Lipinski definition) is 1. The monoisotopic (exact) mass is 200 g/mol. The molecule has 74 valence electrons. The summed E-state index contributed by atoms with van der Waals surface area (Å²) in [5.74, 6) is 0. The number of halogens is 1. The van der Waals surface area contributed by atoms with Gasteiger partial charge in [-0.1, -0.05) is 6.07 Å². The van der Waals surface area contributed by atoms with E-state index >= 15 is 0 Å². The second-order valence-electron chi connectivity index (χ2n) is 3.92. The van der Waals surface area contributed by atoms with Gasteiger partial charge in [-0.15, -0.1) is 12.4 Å². The molecule has 0 saturated carbocycles. The van der Waals surface area contributed by atoms with Gasteiger partial charge in [0.05, 0.1) is 5.69 Å². The van der Waals surface area contributed by atoms with Crippen molar-refractivity contribution in [3.05, 3.63) is 30.1 Å². The summed E-state index contributed by atoms with van der Waals surface area (Å²) in [6.07, 6.45) is 1.82. The molecule has 0 atom stereocenters. The molecule has 0 aliphatic rings. The molecule has 1 N–H and O–H groups in total. The molecular formula is C10H17ClN2. The molecule has 0 aromatic carbocycles. The molecule has 1 heterocycles. The van der Waals surface area contributed by atoms with Crippen LogP contribution in [0.1, 0.15) is 26.5 Å². The molecule has 0 bridgehead atoms. The van der Waals surface area contributed by atoms with E-state index in [4.69, 9.17) is 0 Å². The van der Waals surface area contributed by atoms with Gasteiger partial charge in [0.15, 0.2) is 0 Å². The number of rotatable bonds is 2. The van der Waals surface area contributed by atoms with E-state index in [1.54, 1.807) is 0 Å². The number of pyridine rings is 1. The Kier molecular flexibility index (Phi) is 4.96. The summed E-state index contributed by atoms with van der Waals surface area (Å²) in [4.78, 5) is 4.22. The lowest BCUT2D eigenvalue weighted by atomic mass is 10.1. The fourth-order valence-electron chi connectivity index (χ4n) is 0.858. The number of aromatic nitrogens is 1. The third-order valence-corrected chi connectivity index (χ3v) is 1.53. The zero-order chi connectivity index (χ0) is 9.03. The average Bonchev–Trinajstić information content (AvgIpc) is 2.02. The van der Waals surface area contributed by atoms with Crippen LogP contribution in [0.2, 0.25) is 0 Å². The van der Waals surface area contributed by atoms with Crippen LogP contribution in [-0.4, -0.2) is 10.5 Å². The topological polar surface area (TPSA) is 24.9 Å². The Bertz CT molecular complexity index is 228. The van der Waals surface area contributed by atoms with Crippen molar-refractivity contribution in [1.82, 2.24) is 10.3 Å². The van der Waals surface area contributed by atoms with Crippen LogP contribution in [0.5, 0.6) is 0 Å². The molecule has 0 aliphatic carbocycles. The molecule has 0 fully saturated rings. The normalized spacial score (nSPS) is 10.7. The first-order valence-electron chi connectivity index (χ1n) is 4.23. The van der Waals surface area contributed by atoms with Crippen molar-refractivity contribution in [3.8, 4) is 0 Å². The quantitative estimate of drug-likeness (QED) is 0.793. The van der Waals surface area contributed by atoms with E-state index in [9.17, 15) is 0 Å². The Labute approximate surface area is 86.2 Å². The van der Waals surface area contributed by atoms with E-state index in [0.717, 1.165) is 12.2 Å². The maximum Gasteiger partial charge on any atom is 0.0541 e. The minimum atomic E-state index is 0. The second-order valence-corrected chi connectivity index (χ2v) is 3.92. The maximum atomic E-state index is 4.22. The van der Waals surface area contributed by atoms with Gasteiger partial charge in [0.1, 0.15) is 0 Å². The third kappa shape index (κ3) is 5.61. The maximum absolute atomic E-state index is 4.22. The molecule has 1 aromatic heterocycles. The molecule has 1 rings (SSSR count). The molecule has 0 unspecified atom stereocenters. The SMILES string of the molecule is CC(C)(C)NCc1ccccn1.Cl. The van der Waals surface area contributed by atoms with E-state index in [-0.39, 0.29) is 17.9 Å². The lowest BCUT2D eigenvalue weighted by molar-refractivity contribution is 0.421. The van der Waals surface area contributed by atoms with Gasteiger partial charge in [-0.3, -0.25) is 4.98 Å². The molecule has 1 aromatic rings. The molecule has 2 nitrogen and oxygen atoms in total. The summed E-state index contributed by atoms with van der Waals surface area (Å²) in [5.41, 5.74) is 1.25.